The number of halogens is 1. The van der Waals surface area contributed by atoms with Crippen LogP contribution in [0.3, 0.4) is 0 Å². The molecule has 4 aromatic heterocycles. The summed E-state index contributed by atoms with van der Waals surface area (Å²) in [7, 11) is 1.83. The Morgan fingerprint density at radius 3 is 2.62 bits per heavy atom. The van der Waals surface area contributed by atoms with Crippen molar-refractivity contribution in [3.63, 3.8) is 0 Å². The molecule has 1 atom stereocenters. The van der Waals surface area contributed by atoms with Crippen LogP contribution < -0.4 is 16.0 Å². The quantitative estimate of drug-likeness (QED) is 0.458. The zero-order valence-electron chi connectivity index (χ0n) is 15.5. The highest BCUT2D eigenvalue weighted by Gasteiger charge is 2.17. The maximum atomic E-state index is 12.5. The van der Waals surface area contributed by atoms with Crippen LogP contribution >= 0.6 is 11.6 Å². The summed E-state index contributed by atoms with van der Waals surface area (Å²) in [6.07, 6.45) is 7.76. The standard InChI is InChI=1S/C17H17ClN10O/c1-10(19-2)15-13(9-20-14-3-4-22-27(14)15)26-17(29)25-11-7-12(18)16(21-8-11)28-23-5-6-24-28/h3-10,19H,1-2H3,(H2,25,26,29)/t10-/m0/s1. The van der Waals surface area contributed by atoms with E-state index in [0.29, 0.717) is 27.9 Å². The Balaban J connectivity index is 1.55. The Morgan fingerprint density at radius 2 is 1.90 bits per heavy atom. The minimum atomic E-state index is -0.467. The van der Waals surface area contributed by atoms with Crippen molar-refractivity contribution >= 4 is 34.7 Å². The van der Waals surface area contributed by atoms with Crippen molar-refractivity contribution in [3.8, 4) is 5.82 Å². The molecule has 0 saturated carbocycles. The van der Waals surface area contributed by atoms with E-state index < -0.39 is 6.03 Å². The van der Waals surface area contributed by atoms with Gasteiger partial charge in [0.2, 0.25) is 0 Å². The number of fused-ring (bicyclic) bond motifs is 1. The van der Waals surface area contributed by atoms with Gasteiger partial charge < -0.3 is 16.0 Å². The lowest BCUT2D eigenvalue weighted by Gasteiger charge is -2.17. The first-order valence-corrected chi connectivity index (χ1v) is 9.04. The van der Waals surface area contributed by atoms with E-state index in [-0.39, 0.29) is 6.04 Å². The zero-order chi connectivity index (χ0) is 20.4. The van der Waals surface area contributed by atoms with Gasteiger partial charge in [0.05, 0.1) is 53.1 Å². The minimum absolute atomic E-state index is 0.0762. The summed E-state index contributed by atoms with van der Waals surface area (Å²) in [4.78, 5) is 22.4. The number of amides is 2. The van der Waals surface area contributed by atoms with Crippen LogP contribution in [0, 0.1) is 0 Å². The molecule has 4 aromatic rings. The minimum Gasteiger partial charge on any atom is -0.312 e. The number of urea groups is 1. The summed E-state index contributed by atoms with van der Waals surface area (Å²) in [5.41, 5.74) is 2.40. The first kappa shape index (κ1) is 18.8. The van der Waals surface area contributed by atoms with Crippen LogP contribution in [0.4, 0.5) is 16.2 Å². The van der Waals surface area contributed by atoms with Gasteiger partial charge in [0, 0.05) is 12.1 Å². The SMILES string of the molecule is CN[C@@H](C)c1c(NC(=O)Nc2cnc(-n3nccn3)c(Cl)c2)cnc2ccnn12. The molecule has 0 bridgehead atoms. The van der Waals surface area contributed by atoms with Gasteiger partial charge in [-0.15, -0.1) is 4.80 Å². The van der Waals surface area contributed by atoms with E-state index in [1.54, 1.807) is 29.0 Å². The number of pyridine rings is 1. The molecule has 0 saturated heterocycles. The van der Waals surface area contributed by atoms with E-state index in [1.807, 2.05) is 14.0 Å². The Bertz CT molecular complexity index is 1160. The highest BCUT2D eigenvalue weighted by atomic mass is 35.5. The third-order valence-corrected chi connectivity index (χ3v) is 4.51. The average Bonchev–Trinajstić information content (AvgIpc) is 3.39. The Kier molecular flexibility index (Phi) is 5.06. The smallest absolute Gasteiger partial charge is 0.312 e. The summed E-state index contributed by atoms with van der Waals surface area (Å²) < 4.78 is 1.68. The number of nitrogens with zero attached hydrogens (tertiary/aromatic N) is 7. The summed E-state index contributed by atoms with van der Waals surface area (Å²) in [5, 5.41) is 21.2. The molecule has 0 aliphatic carbocycles. The fraction of sp³-hybridized carbons (Fsp3) is 0.176. The average molecular weight is 413 g/mol. The number of carbonyl (C=O) groups excluding carboxylic acids is 1. The van der Waals surface area contributed by atoms with Crippen molar-refractivity contribution in [2.75, 3.05) is 17.7 Å². The van der Waals surface area contributed by atoms with E-state index in [4.69, 9.17) is 11.6 Å². The monoisotopic (exact) mass is 412 g/mol. The van der Waals surface area contributed by atoms with Crippen LogP contribution in [-0.4, -0.2) is 47.7 Å². The Morgan fingerprint density at radius 1 is 1.10 bits per heavy atom. The molecule has 0 fully saturated rings. The van der Waals surface area contributed by atoms with Gasteiger partial charge in [-0.2, -0.15) is 15.3 Å². The normalized spacial score (nSPS) is 12.1. The van der Waals surface area contributed by atoms with Gasteiger partial charge in [-0.05, 0) is 20.0 Å². The molecule has 0 unspecified atom stereocenters. The van der Waals surface area contributed by atoms with Gasteiger partial charge in [-0.25, -0.2) is 19.3 Å². The number of hydrogen-bond donors (Lipinski definition) is 3. The lowest BCUT2D eigenvalue weighted by atomic mass is 10.2. The molecule has 0 aromatic carbocycles. The highest BCUT2D eigenvalue weighted by Crippen LogP contribution is 2.24. The van der Waals surface area contributed by atoms with Crippen molar-refractivity contribution < 1.29 is 4.79 Å². The molecule has 2 amide bonds. The van der Waals surface area contributed by atoms with Gasteiger partial charge in [0.1, 0.15) is 0 Å². The largest absolute Gasteiger partial charge is 0.323 e. The molecule has 4 rings (SSSR count). The van der Waals surface area contributed by atoms with E-state index in [1.165, 1.54) is 23.4 Å². The van der Waals surface area contributed by atoms with Crippen molar-refractivity contribution in [2.45, 2.75) is 13.0 Å². The van der Waals surface area contributed by atoms with Crippen LogP contribution in [-0.2, 0) is 0 Å². The molecule has 0 aliphatic rings. The molecule has 0 spiro atoms. The predicted molar refractivity (Wildman–Crippen MR) is 107 cm³/mol. The number of anilines is 2. The molecular formula is C17H17ClN10O. The van der Waals surface area contributed by atoms with Gasteiger partial charge in [-0.3, -0.25) is 0 Å². The van der Waals surface area contributed by atoms with Crippen molar-refractivity contribution in [2.24, 2.45) is 0 Å². The second kappa shape index (κ2) is 7.81. The van der Waals surface area contributed by atoms with Gasteiger partial charge in [0.25, 0.3) is 0 Å². The summed E-state index contributed by atoms with van der Waals surface area (Å²) >= 11 is 6.24. The summed E-state index contributed by atoms with van der Waals surface area (Å²) in [6.45, 7) is 1.96. The third kappa shape index (κ3) is 3.73. The van der Waals surface area contributed by atoms with Crippen LogP contribution in [0.15, 0.2) is 43.1 Å². The molecule has 12 heteroatoms. The van der Waals surface area contributed by atoms with E-state index in [2.05, 4.69) is 41.2 Å². The lowest BCUT2D eigenvalue weighted by Crippen LogP contribution is -2.24. The number of hydrogen-bond acceptors (Lipinski definition) is 7. The third-order valence-electron chi connectivity index (χ3n) is 4.23. The number of nitrogens with one attached hydrogen (secondary N) is 3. The van der Waals surface area contributed by atoms with Crippen molar-refractivity contribution in [1.29, 1.82) is 0 Å². The molecule has 0 aliphatic heterocycles. The van der Waals surface area contributed by atoms with Gasteiger partial charge in [0.15, 0.2) is 11.5 Å². The van der Waals surface area contributed by atoms with Crippen LogP contribution in [0.2, 0.25) is 5.02 Å². The molecule has 3 N–H and O–H groups in total. The maximum absolute atomic E-state index is 12.5. The Labute approximate surface area is 170 Å². The number of rotatable bonds is 5. The van der Waals surface area contributed by atoms with E-state index in [9.17, 15) is 4.79 Å². The second-order valence-electron chi connectivity index (χ2n) is 6.10. The first-order valence-electron chi connectivity index (χ1n) is 8.67. The van der Waals surface area contributed by atoms with Crippen LogP contribution in [0.25, 0.3) is 11.5 Å². The lowest BCUT2D eigenvalue weighted by molar-refractivity contribution is 0.262. The molecule has 29 heavy (non-hydrogen) atoms. The first-order chi connectivity index (χ1) is 14.1. The van der Waals surface area contributed by atoms with Gasteiger partial charge >= 0.3 is 6.03 Å². The fourth-order valence-electron chi connectivity index (χ4n) is 2.80. The molecule has 4 heterocycles. The molecular weight excluding hydrogens is 396 g/mol. The van der Waals surface area contributed by atoms with Crippen molar-refractivity contribution in [3.05, 3.63) is 53.8 Å². The topological polar surface area (TPSA) is 127 Å². The zero-order valence-corrected chi connectivity index (χ0v) is 16.3. The Hall–Kier alpha value is -3.57. The summed E-state index contributed by atoms with van der Waals surface area (Å²) in [6, 6.07) is 2.82. The van der Waals surface area contributed by atoms with Crippen LogP contribution in [0.1, 0.15) is 18.7 Å². The fourth-order valence-corrected chi connectivity index (χ4v) is 3.04. The van der Waals surface area contributed by atoms with Crippen LogP contribution in [0.5, 0.6) is 0 Å². The second-order valence-corrected chi connectivity index (χ2v) is 6.50. The molecule has 148 valence electrons. The predicted octanol–water partition coefficient (Wildman–Crippen LogP) is 2.28. The molecule has 11 nitrogen and oxygen atoms in total. The molecule has 0 radical (unpaired) electrons. The maximum Gasteiger partial charge on any atom is 0.323 e. The van der Waals surface area contributed by atoms with E-state index >= 15 is 0 Å². The number of aromatic nitrogens is 7. The van der Waals surface area contributed by atoms with Gasteiger partial charge in [-0.1, -0.05) is 11.6 Å². The highest BCUT2D eigenvalue weighted by molar-refractivity contribution is 6.32. The van der Waals surface area contributed by atoms with Crippen molar-refractivity contribution in [1.82, 2.24) is 39.9 Å². The van der Waals surface area contributed by atoms with E-state index in [0.717, 1.165) is 5.69 Å². The number of carbonyl (C=O) groups is 1. The summed E-state index contributed by atoms with van der Waals surface area (Å²) in [5.74, 6) is 0.362.